The molecule has 0 saturated carbocycles. The maximum absolute atomic E-state index is 13.1. The predicted molar refractivity (Wildman–Crippen MR) is 77.7 cm³/mol. The fourth-order valence-electron chi connectivity index (χ4n) is 2.19. The number of carboxylic acid groups (broad SMARTS) is 1. The minimum Gasteiger partial charge on any atom is -0.478 e. The SMILES string of the molecule is CC(Cc1ccco1)NC(=O)c1ccc(C(=O)O)cc1C(F)(F)F. The minimum atomic E-state index is -4.84. The Labute approximate surface area is 135 Å². The van der Waals surface area contributed by atoms with Crippen molar-refractivity contribution in [2.75, 3.05) is 0 Å². The number of carboxylic acids is 1. The molecule has 1 aromatic carbocycles. The second-order valence-corrected chi connectivity index (χ2v) is 5.22. The van der Waals surface area contributed by atoms with E-state index in [1.54, 1.807) is 19.1 Å². The van der Waals surface area contributed by atoms with Gasteiger partial charge in [-0.2, -0.15) is 13.2 Å². The van der Waals surface area contributed by atoms with Crippen LogP contribution in [0.5, 0.6) is 0 Å². The number of amides is 1. The van der Waals surface area contributed by atoms with Crippen LogP contribution in [0.1, 0.15) is 39.0 Å². The summed E-state index contributed by atoms with van der Waals surface area (Å²) in [5.41, 5.74) is -2.45. The average molecular weight is 341 g/mol. The second kappa shape index (κ2) is 6.77. The molecule has 2 N–H and O–H groups in total. The van der Waals surface area contributed by atoms with Crippen LogP contribution in [0.4, 0.5) is 13.2 Å². The molecule has 0 aliphatic heterocycles. The van der Waals surface area contributed by atoms with Crippen LogP contribution in [0.25, 0.3) is 0 Å². The first kappa shape index (κ1) is 17.6. The molecule has 0 bridgehead atoms. The number of hydrogen-bond acceptors (Lipinski definition) is 3. The lowest BCUT2D eigenvalue weighted by atomic mass is 10.0. The summed E-state index contributed by atoms with van der Waals surface area (Å²) in [6.45, 7) is 1.62. The van der Waals surface area contributed by atoms with Crippen molar-refractivity contribution in [2.45, 2.75) is 25.6 Å². The number of carbonyl (C=O) groups is 2. The molecule has 1 heterocycles. The molecule has 24 heavy (non-hydrogen) atoms. The Balaban J connectivity index is 2.23. The average Bonchev–Trinajstić information content (AvgIpc) is 2.98. The maximum atomic E-state index is 13.1. The van der Waals surface area contributed by atoms with Gasteiger partial charge in [-0.05, 0) is 37.3 Å². The fourth-order valence-corrected chi connectivity index (χ4v) is 2.19. The van der Waals surface area contributed by atoms with Gasteiger partial charge in [-0.15, -0.1) is 0 Å². The zero-order valence-electron chi connectivity index (χ0n) is 12.6. The standard InChI is InChI=1S/C16H14F3NO4/c1-9(7-11-3-2-6-24-11)20-14(21)12-5-4-10(15(22)23)8-13(12)16(17,18)19/h2-6,8-9H,7H2,1H3,(H,20,21)(H,22,23). The van der Waals surface area contributed by atoms with Crippen LogP contribution in [-0.4, -0.2) is 23.0 Å². The minimum absolute atomic E-state index is 0.313. The first-order chi connectivity index (χ1) is 11.2. The molecule has 5 nitrogen and oxygen atoms in total. The van der Waals surface area contributed by atoms with Gasteiger partial charge >= 0.3 is 12.1 Å². The van der Waals surface area contributed by atoms with Crippen LogP contribution in [0.15, 0.2) is 41.0 Å². The summed E-state index contributed by atoms with van der Waals surface area (Å²) >= 11 is 0. The lowest BCUT2D eigenvalue weighted by Gasteiger charge is -2.16. The van der Waals surface area contributed by atoms with Crippen LogP contribution in [0.2, 0.25) is 0 Å². The first-order valence-electron chi connectivity index (χ1n) is 6.96. The zero-order valence-corrected chi connectivity index (χ0v) is 12.6. The van der Waals surface area contributed by atoms with Crippen molar-refractivity contribution in [1.29, 1.82) is 0 Å². The highest BCUT2D eigenvalue weighted by molar-refractivity contribution is 5.97. The van der Waals surface area contributed by atoms with Gasteiger partial charge in [0.1, 0.15) is 5.76 Å². The van der Waals surface area contributed by atoms with Gasteiger partial charge in [0.25, 0.3) is 5.91 Å². The molecular formula is C16H14F3NO4. The van der Waals surface area contributed by atoms with Gasteiger partial charge in [-0.25, -0.2) is 4.79 Å². The third-order valence-corrected chi connectivity index (χ3v) is 3.28. The molecule has 128 valence electrons. The molecule has 1 amide bonds. The lowest BCUT2D eigenvalue weighted by Crippen LogP contribution is -2.35. The van der Waals surface area contributed by atoms with Crippen LogP contribution in [0.3, 0.4) is 0 Å². The van der Waals surface area contributed by atoms with Crippen LogP contribution in [0, 0.1) is 0 Å². The van der Waals surface area contributed by atoms with E-state index in [0.29, 0.717) is 18.2 Å². The highest BCUT2D eigenvalue weighted by Crippen LogP contribution is 2.32. The number of carbonyl (C=O) groups excluding carboxylic acids is 1. The summed E-state index contributed by atoms with van der Waals surface area (Å²) in [6, 6.07) is 5.16. The molecule has 0 aliphatic rings. The van der Waals surface area contributed by atoms with E-state index >= 15 is 0 Å². The number of aromatic carboxylic acids is 1. The van der Waals surface area contributed by atoms with Crippen molar-refractivity contribution < 1.29 is 32.3 Å². The number of benzene rings is 1. The third-order valence-electron chi connectivity index (χ3n) is 3.28. The van der Waals surface area contributed by atoms with Gasteiger partial charge in [0.2, 0.25) is 0 Å². The summed E-state index contributed by atoms with van der Waals surface area (Å²) < 4.78 is 44.4. The van der Waals surface area contributed by atoms with Crippen molar-refractivity contribution in [3.8, 4) is 0 Å². The summed E-state index contributed by atoms with van der Waals surface area (Å²) in [5, 5.41) is 11.3. The van der Waals surface area contributed by atoms with Crippen molar-refractivity contribution in [2.24, 2.45) is 0 Å². The Morgan fingerprint density at radius 1 is 1.29 bits per heavy atom. The number of rotatable bonds is 5. The zero-order chi connectivity index (χ0) is 17.9. The fraction of sp³-hybridized carbons (Fsp3) is 0.250. The molecule has 2 rings (SSSR count). The van der Waals surface area contributed by atoms with Crippen molar-refractivity contribution >= 4 is 11.9 Å². The number of alkyl halides is 3. The van der Waals surface area contributed by atoms with E-state index in [4.69, 9.17) is 9.52 Å². The van der Waals surface area contributed by atoms with Crippen LogP contribution in [-0.2, 0) is 12.6 Å². The van der Waals surface area contributed by atoms with Gasteiger partial charge in [-0.3, -0.25) is 4.79 Å². The van der Waals surface area contributed by atoms with E-state index in [1.807, 2.05) is 0 Å². The topological polar surface area (TPSA) is 79.5 Å². The van der Waals surface area contributed by atoms with E-state index in [2.05, 4.69) is 5.32 Å². The molecule has 8 heteroatoms. The van der Waals surface area contributed by atoms with Crippen molar-refractivity contribution in [3.05, 3.63) is 59.0 Å². The summed E-state index contributed by atoms with van der Waals surface area (Å²) in [5.74, 6) is -1.85. The van der Waals surface area contributed by atoms with E-state index in [0.717, 1.165) is 12.1 Å². The van der Waals surface area contributed by atoms with E-state index in [-0.39, 0.29) is 0 Å². The highest BCUT2D eigenvalue weighted by atomic mass is 19.4. The van der Waals surface area contributed by atoms with Gasteiger partial charge in [0, 0.05) is 12.5 Å². The van der Waals surface area contributed by atoms with Gasteiger partial charge < -0.3 is 14.8 Å². The Morgan fingerprint density at radius 3 is 2.54 bits per heavy atom. The van der Waals surface area contributed by atoms with E-state index in [1.165, 1.54) is 6.26 Å². The maximum Gasteiger partial charge on any atom is 0.417 e. The number of hydrogen-bond donors (Lipinski definition) is 2. The first-order valence-corrected chi connectivity index (χ1v) is 6.96. The smallest absolute Gasteiger partial charge is 0.417 e. The van der Waals surface area contributed by atoms with E-state index < -0.39 is 40.8 Å². The van der Waals surface area contributed by atoms with E-state index in [9.17, 15) is 22.8 Å². The quantitative estimate of drug-likeness (QED) is 0.874. The van der Waals surface area contributed by atoms with Gasteiger partial charge in [-0.1, -0.05) is 0 Å². The van der Waals surface area contributed by atoms with Gasteiger partial charge in [0.05, 0.1) is 23.0 Å². The monoisotopic (exact) mass is 341 g/mol. The Bertz CT molecular complexity index is 738. The molecule has 1 atom stereocenters. The molecule has 1 unspecified atom stereocenters. The molecule has 0 fully saturated rings. The number of furan rings is 1. The Hall–Kier alpha value is -2.77. The normalized spacial score (nSPS) is 12.7. The van der Waals surface area contributed by atoms with Crippen molar-refractivity contribution in [1.82, 2.24) is 5.32 Å². The largest absolute Gasteiger partial charge is 0.478 e. The molecule has 1 aromatic heterocycles. The Morgan fingerprint density at radius 2 is 2.00 bits per heavy atom. The summed E-state index contributed by atoms with van der Waals surface area (Å²) in [4.78, 5) is 23.0. The highest BCUT2D eigenvalue weighted by Gasteiger charge is 2.36. The second-order valence-electron chi connectivity index (χ2n) is 5.22. The molecule has 0 spiro atoms. The van der Waals surface area contributed by atoms with Crippen LogP contribution < -0.4 is 5.32 Å². The predicted octanol–water partition coefficient (Wildman–Crippen LogP) is 3.36. The molecule has 0 aliphatic carbocycles. The molecule has 2 aromatic rings. The lowest BCUT2D eigenvalue weighted by molar-refractivity contribution is -0.138. The number of halogens is 3. The summed E-state index contributed by atoms with van der Waals surface area (Å²) in [7, 11) is 0. The van der Waals surface area contributed by atoms with Gasteiger partial charge in [0.15, 0.2) is 0 Å². The van der Waals surface area contributed by atoms with Crippen LogP contribution >= 0.6 is 0 Å². The molecule has 0 radical (unpaired) electrons. The Kier molecular flexibility index (Phi) is 4.96. The molecular weight excluding hydrogens is 327 g/mol. The number of nitrogens with one attached hydrogen (secondary N) is 1. The third kappa shape index (κ3) is 4.15. The molecule has 0 saturated heterocycles. The van der Waals surface area contributed by atoms with Crippen molar-refractivity contribution in [3.63, 3.8) is 0 Å². The summed E-state index contributed by atoms with van der Waals surface area (Å²) in [6.07, 6.45) is -3.08.